The van der Waals surface area contributed by atoms with Crippen molar-refractivity contribution < 1.29 is 13.5 Å². The maximum absolute atomic E-state index is 12.0. The Bertz CT molecular complexity index is 527. The summed E-state index contributed by atoms with van der Waals surface area (Å²) in [5.74, 6) is 0. The second-order valence-electron chi connectivity index (χ2n) is 4.80. The number of sulfonamides is 1. The molecule has 0 radical (unpaired) electrons. The van der Waals surface area contributed by atoms with Crippen LogP contribution in [0.5, 0.6) is 0 Å². The van der Waals surface area contributed by atoms with E-state index in [1.54, 1.807) is 0 Å². The molecular weight excluding hydrogens is 290 g/mol. The Hall–Kier alpha value is -0.760. The predicted octanol–water partition coefficient (Wildman–Crippen LogP) is 1.10. The molecule has 1 aliphatic carbocycles. The number of rotatable bonds is 4. The molecule has 2 rings (SSSR count). The molecule has 1 aromatic rings. The third-order valence-electron chi connectivity index (χ3n) is 3.28. The third-order valence-corrected chi connectivity index (χ3v) is 4.83. The number of aromatic nitrogens is 2. The SMILES string of the molecule is O=S(=O)(NCC1(O)CCCCC1)c1cnc(Cl)nc1. The van der Waals surface area contributed by atoms with Crippen LogP contribution in [-0.2, 0) is 10.0 Å². The van der Waals surface area contributed by atoms with E-state index in [1.807, 2.05) is 0 Å². The summed E-state index contributed by atoms with van der Waals surface area (Å²) in [7, 11) is -3.71. The monoisotopic (exact) mass is 305 g/mol. The molecule has 0 aliphatic heterocycles. The molecule has 6 nitrogen and oxygen atoms in total. The molecule has 1 heterocycles. The molecule has 1 aliphatic rings. The average Bonchev–Trinajstić information content (AvgIpc) is 2.38. The maximum Gasteiger partial charge on any atom is 0.243 e. The number of nitrogens with one attached hydrogen (secondary N) is 1. The highest BCUT2D eigenvalue weighted by Crippen LogP contribution is 2.27. The predicted molar refractivity (Wildman–Crippen MR) is 70.3 cm³/mol. The molecule has 0 bridgehead atoms. The third kappa shape index (κ3) is 3.85. The first-order valence-corrected chi connectivity index (χ1v) is 7.97. The van der Waals surface area contributed by atoms with E-state index in [0.717, 1.165) is 31.7 Å². The van der Waals surface area contributed by atoms with Crippen LogP contribution in [0.25, 0.3) is 0 Å². The normalized spacial score (nSPS) is 19.3. The van der Waals surface area contributed by atoms with Crippen molar-refractivity contribution in [2.75, 3.05) is 6.54 Å². The molecule has 0 amide bonds. The van der Waals surface area contributed by atoms with Crippen LogP contribution in [0, 0.1) is 0 Å². The Morgan fingerprint density at radius 3 is 2.42 bits per heavy atom. The molecule has 19 heavy (non-hydrogen) atoms. The van der Waals surface area contributed by atoms with Crippen LogP contribution in [0.4, 0.5) is 0 Å². The molecule has 106 valence electrons. The Morgan fingerprint density at radius 2 is 1.84 bits per heavy atom. The zero-order valence-electron chi connectivity index (χ0n) is 10.3. The van der Waals surface area contributed by atoms with E-state index in [-0.39, 0.29) is 16.7 Å². The summed E-state index contributed by atoms with van der Waals surface area (Å²) in [4.78, 5) is 7.20. The van der Waals surface area contributed by atoms with E-state index in [2.05, 4.69) is 14.7 Å². The van der Waals surface area contributed by atoms with E-state index >= 15 is 0 Å². The van der Waals surface area contributed by atoms with Crippen molar-refractivity contribution in [2.45, 2.75) is 42.6 Å². The minimum atomic E-state index is -3.71. The fourth-order valence-electron chi connectivity index (χ4n) is 2.14. The average molecular weight is 306 g/mol. The van der Waals surface area contributed by atoms with Crippen molar-refractivity contribution in [3.05, 3.63) is 17.7 Å². The lowest BCUT2D eigenvalue weighted by Crippen LogP contribution is -2.44. The Labute approximate surface area is 117 Å². The van der Waals surface area contributed by atoms with Gasteiger partial charge >= 0.3 is 0 Å². The molecule has 0 saturated heterocycles. The second kappa shape index (κ2) is 5.70. The Balaban J connectivity index is 2.03. The van der Waals surface area contributed by atoms with Crippen LogP contribution >= 0.6 is 11.6 Å². The smallest absolute Gasteiger partial charge is 0.243 e. The summed E-state index contributed by atoms with van der Waals surface area (Å²) in [5.41, 5.74) is -0.946. The van der Waals surface area contributed by atoms with Gasteiger partial charge in [0.15, 0.2) is 0 Å². The lowest BCUT2D eigenvalue weighted by molar-refractivity contribution is 0.00945. The molecule has 1 aromatic heterocycles. The first-order chi connectivity index (χ1) is 8.91. The van der Waals surface area contributed by atoms with Crippen LogP contribution in [0.15, 0.2) is 17.3 Å². The van der Waals surface area contributed by atoms with E-state index < -0.39 is 15.6 Å². The number of aliphatic hydroxyl groups is 1. The quantitative estimate of drug-likeness (QED) is 0.813. The summed E-state index contributed by atoms with van der Waals surface area (Å²) in [6.45, 7) is 0.0119. The van der Waals surface area contributed by atoms with Crippen molar-refractivity contribution in [1.29, 1.82) is 0 Å². The van der Waals surface area contributed by atoms with Crippen LogP contribution in [0.1, 0.15) is 32.1 Å². The number of halogens is 1. The second-order valence-corrected chi connectivity index (χ2v) is 6.90. The van der Waals surface area contributed by atoms with Crippen LogP contribution in [0.3, 0.4) is 0 Å². The van der Waals surface area contributed by atoms with Crippen molar-refractivity contribution in [3.8, 4) is 0 Å². The van der Waals surface area contributed by atoms with Crippen molar-refractivity contribution >= 4 is 21.6 Å². The zero-order valence-corrected chi connectivity index (χ0v) is 11.9. The van der Waals surface area contributed by atoms with E-state index in [4.69, 9.17) is 11.6 Å². The summed E-state index contributed by atoms with van der Waals surface area (Å²) < 4.78 is 26.4. The van der Waals surface area contributed by atoms with Gasteiger partial charge < -0.3 is 5.11 Å². The van der Waals surface area contributed by atoms with Gasteiger partial charge in [-0.25, -0.2) is 23.1 Å². The summed E-state index contributed by atoms with van der Waals surface area (Å²) >= 11 is 5.51. The minimum Gasteiger partial charge on any atom is -0.389 e. The fraction of sp³-hybridized carbons (Fsp3) is 0.636. The lowest BCUT2D eigenvalue weighted by Gasteiger charge is -2.31. The van der Waals surface area contributed by atoms with Gasteiger partial charge in [0.1, 0.15) is 4.90 Å². The highest BCUT2D eigenvalue weighted by atomic mass is 35.5. The van der Waals surface area contributed by atoms with Gasteiger partial charge in [0, 0.05) is 6.54 Å². The summed E-state index contributed by atoms with van der Waals surface area (Å²) in [6, 6.07) is 0. The van der Waals surface area contributed by atoms with Crippen molar-refractivity contribution in [2.24, 2.45) is 0 Å². The molecule has 2 N–H and O–H groups in total. The standard InChI is InChI=1S/C11H16ClN3O3S/c12-10-13-6-9(7-14-10)19(17,18)15-8-11(16)4-2-1-3-5-11/h6-7,15-16H,1-5,8H2. The maximum atomic E-state index is 12.0. The van der Waals surface area contributed by atoms with E-state index in [9.17, 15) is 13.5 Å². The Morgan fingerprint density at radius 1 is 1.26 bits per heavy atom. The molecule has 0 unspecified atom stereocenters. The summed E-state index contributed by atoms with van der Waals surface area (Å²) in [6.07, 6.45) is 6.44. The molecule has 0 atom stereocenters. The minimum absolute atomic E-state index is 0.00939. The number of hydrogen-bond donors (Lipinski definition) is 2. The van der Waals surface area contributed by atoms with Gasteiger partial charge in [0.25, 0.3) is 0 Å². The fourth-order valence-corrected chi connectivity index (χ4v) is 3.24. The highest BCUT2D eigenvalue weighted by Gasteiger charge is 2.31. The van der Waals surface area contributed by atoms with Gasteiger partial charge in [-0.05, 0) is 24.4 Å². The Kier molecular flexibility index (Phi) is 4.39. The number of hydrogen-bond acceptors (Lipinski definition) is 5. The summed E-state index contributed by atoms with van der Waals surface area (Å²) in [5, 5.41) is 10.2. The van der Waals surface area contributed by atoms with Crippen LogP contribution in [-0.4, -0.2) is 35.6 Å². The zero-order chi connectivity index (χ0) is 13.9. The largest absolute Gasteiger partial charge is 0.389 e. The molecule has 8 heteroatoms. The van der Waals surface area contributed by atoms with Gasteiger partial charge in [-0.1, -0.05) is 19.3 Å². The van der Waals surface area contributed by atoms with Crippen LogP contribution in [0.2, 0.25) is 5.28 Å². The molecule has 0 spiro atoms. The van der Waals surface area contributed by atoms with Crippen molar-refractivity contribution in [1.82, 2.24) is 14.7 Å². The van der Waals surface area contributed by atoms with Gasteiger partial charge in [0.05, 0.1) is 18.0 Å². The molecule has 1 saturated carbocycles. The highest BCUT2D eigenvalue weighted by molar-refractivity contribution is 7.89. The van der Waals surface area contributed by atoms with Gasteiger partial charge in [-0.15, -0.1) is 0 Å². The van der Waals surface area contributed by atoms with E-state index in [1.165, 1.54) is 0 Å². The lowest BCUT2D eigenvalue weighted by atomic mass is 9.85. The van der Waals surface area contributed by atoms with Crippen LogP contribution < -0.4 is 4.72 Å². The topological polar surface area (TPSA) is 92.2 Å². The molecular formula is C11H16ClN3O3S. The van der Waals surface area contributed by atoms with Gasteiger partial charge in [0.2, 0.25) is 15.3 Å². The number of nitrogens with zero attached hydrogens (tertiary/aromatic N) is 2. The van der Waals surface area contributed by atoms with Crippen molar-refractivity contribution in [3.63, 3.8) is 0 Å². The van der Waals surface area contributed by atoms with Gasteiger partial charge in [-0.2, -0.15) is 0 Å². The van der Waals surface area contributed by atoms with E-state index in [0.29, 0.717) is 12.8 Å². The molecule has 1 fully saturated rings. The first kappa shape index (κ1) is 14.6. The molecule has 0 aromatic carbocycles. The first-order valence-electron chi connectivity index (χ1n) is 6.11. The van der Waals surface area contributed by atoms with Gasteiger partial charge in [-0.3, -0.25) is 0 Å².